The number of nitrogens with zero attached hydrogens (tertiary/aromatic N) is 4. The highest BCUT2D eigenvalue weighted by molar-refractivity contribution is 5.97. The summed E-state index contributed by atoms with van der Waals surface area (Å²) in [6, 6.07) is 9.02. The van der Waals surface area contributed by atoms with Crippen LogP contribution < -0.4 is 20.7 Å². The van der Waals surface area contributed by atoms with E-state index in [1.807, 2.05) is 0 Å². The molecule has 2 aliphatic carbocycles. The van der Waals surface area contributed by atoms with Crippen molar-refractivity contribution in [3.05, 3.63) is 42.1 Å². The van der Waals surface area contributed by atoms with Crippen LogP contribution in [-0.4, -0.2) is 118 Å². The zero-order valence-corrected chi connectivity index (χ0v) is 27.9. The Morgan fingerprint density at radius 1 is 1.02 bits per heavy atom. The SMILES string of the molecule is CCOC(=O)ON1CCN(C(=O)[C@H](CCC(=O)O)NC(=O)c2cc(OCC(=O)NC3(C(=O)NC4CCC4)CCC3)n(-c3ccccc3)n2)CC1. The van der Waals surface area contributed by atoms with E-state index >= 15 is 0 Å². The van der Waals surface area contributed by atoms with Gasteiger partial charge >= 0.3 is 12.1 Å². The van der Waals surface area contributed by atoms with Gasteiger partial charge < -0.3 is 40.3 Å². The standard InChI is InChI=1S/C33H43N7O10/c1-2-48-32(47)50-39-18-16-38(17-19-39)30(45)24(12-13-28(42)43)35-29(44)25-20-27(40(37-25)23-10-4-3-5-11-23)49-21-26(41)36-33(14-7-15-33)31(46)34-22-8-6-9-22/h3-5,10-11,20,22,24H,2,6-9,12-19,21H2,1H3,(H,34,46)(H,35,44)(H,36,41)(H,42,43)/t24-/m0/s1. The Kier molecular flexibility index (Phi) is 11.9. The molecule has 17 nitrogen and oxygen atoms in total. The summed E-state index contributed by atoms with van der Waals surface area (Å²) in [7, 11) is 0. The van der Waals surface area contributed by atoms with Crippen LogP contribution in [0.5, 0.6) is 5.88 Å². The van der Waals surface area contributed by atoms with Crippen molar-refractivity contribution in [2.45, 2.75) is 75.9 Å². The van der Waals surface area contributed by atoms with E-state index in [4.69, 9.17) is 14.3 Å². The summed E-state index contributed by atoms with van der Waals surface area (Å²) in [5.74, 6) is -3.04. The molecule has 0 unspecified atom stereocenters. The van der Waals surface area contributed by atoms with Crippen molar-refractivity contribution in [1.29, 1.82) is 0 Å². The number of hydrogen-bond acceptors (Lipinski definition) is 11. The van der Waals surface area contributed by atoms with Gasteiger partial charge in [-0.2, -0.15) is 5.10 Å². The summed E-state index contributed by atoms with van der Waals surface area (Å²) in [6.07, 6.45) is 3.38. The Morgan fingerprint density at radius 2 is 1.74 bits per heavy atom. The molecular weight excluding hydrogens is 654 g/mol. The number of ether oxygens (including phenoxy) is 2. The van der Waals surface area contributed by atoms with Crippen LogP contribution in [0.15, 0.2) is 36.4 Å². The maximum Gasteiger partial charge on any atom is 0.527 e. The fraction of sp³-hybridized carbons (Fsp3) is 0.545. The van der Waals surface area contributed by atoms with E-state index in [0.29, 0.717) is 18.5 Å². The summed E-state index contributed by atoms with van der Waals surface area (Å²) in [6.45, 7) is 2.03. The van der Waals surface area contributed by atoms with Crippen LogP contribution in [0.25, 0.3) is 5.69 Å². The van der Waals surface area contributed by atoms with E-state index in [-0.39, 0.29) is 69.2 Å². The van der Waals surface area contributed by atoms with Gasteiger partial charge in [0.1, 0.15) is 11.6 Å². The number of aliphatic carboxylic acids is 1. The third kappa shape index (κ3) is 9.07. The lowest BCUT2D eigenvalue weighted by Crippen LogP contribution is -2.65. The number of carbonyl (C=O) groups is 6. The number of amides is 4. The van der Waals surface area contributed by atoms with Gasteiger partial charge in [0.05, 0.1) is 25.4 Å². The molecule has 0 bridgehead atoms. The number of carboxylic acids is 1. The third-order valence-corrected chi connectivity index (χ3v) is 8.99. The summed E-state index contributed by atoms with van der Waals surface area (Å²) in [5, 5.41) is 23.5. The highest BCUT2D eigenvalue weighted by Gasteiger charge is 2.46. The first-order chi connectivity index (χ1) is 24.1. The maximum absolute atomic E-state index is 13.5. The quantitative estimate of drug-likeness (QED) is 0.193. The monoisotopic (exact) mass is 697 g/mol. The van der Waals surface area contributed by atoms with Crippen LogP contribution in [0.3, 0.4) is 0 Å². The Bertz CT molecular complexity index is 1550. The van der Waals surface area contributed by atoms with Crippen molar-refractivity contribution >= 4 is 35.8 Å². The van der Waals surface area contributed by atoms with Crippen molar-refractivity contribution in [1.82, 2.24) is 35.7 Å². The molecule has 2 saturated carbocycles. The molecule has 4 N–H and O–H groups in total. The Balaban J connectivity index is 1.25. The number of carbonyl (C=O) groups excluding carboxylic acids is 5. The van der Waals surface area contributed by atoms with Gasteiger partial charge in [-0.15, -0.1) is 5.06 Å². The molecule has 1 aliphatic heterocycles. The Hall–Kier alpha value is -5.19. The van der Waals surface area contributed by atoms with Gasteiger partial charge in [-0.1, -0.05) is 18.2 Å². The van der Waals surface area contributed by atoms with Crippen LogP contribution in [0.2, 0.25) is 0 Å². The number of rotatable bonds is 15. The second kappa shape index (κ2) is 16.5. The number of aromatic nitrogens is 2. The van der Waals surface area contributed by atoms with Crippen LogP contribution >= 0.6 is 0 Å². The van der Waals surface area contributed by atoms with Crippen LogP contribution in [0.4, 0.5) is 4.79 Å². The maximum atomic E-state index is 13.5. The number of nitrogens with one attached hydrogen (secondary N) is 3. The van der Waals surface area contributed by atoms with Crippen LogP contribution in [0.1, 0.15) is 68.8 Å². The second-order valence-corrected chi connectivity index (χ2v) is 12.5. The number of piperazine rings is 1. The molecule has 3 fully saturated rings. The van der Waals surface area contributed by atoms with Gasteiger partial charge in [-0.05, 0) is 64.0 Å². The van der Waals surface area contributed by atoms with E-state index in [9.17, 15) is 33.9 Å². The van der Waals surface area contributed by atoms with E-state index in [1.165, 1.54) is 20.7 Å². The molecule has 270 valence electrons. The molecule has 17 heteroatoms. The second-order valence-electron chi connectivity index (χ2n) is 12.5. The average molecular weight is 698 g/mol. The van der Waals surface area contributed by atoms with Gasteiger partial charge in [-0.25, -0.2) is 9.48 Å². The van der Waals surface area contributed by atoms with Gasteiger partial charge in [0, 0.05) is 31.6 Å². The molecule has 2 aromatic rings. The minimum Gasteiger partial charge on any atom is -0.481 e. The van der Waals surface area contributed by atoms with E-state index in [2.05, 4.69) is 21.0 Å². The van der Waals surface area contributed by atoms with Gasteiger partial charge in [0.2, 0.25) is 17.7 Å². The average Bonchev–Trinajstić information content (AvgIpc) is 3.50. The normalized spacial score (nSPS) is 17.7. The first kappa shape index (κ1) is 36.1. The number of hydrogen-bond donors (Lipinski definition) is 4. The number of para-hydroxylation sites is 1. The van der Waals surface area contributed by atoms with Crippen LogP contribution in [-0.2, 0) is 28.8 Å². The van der Waals surface area contributed by atoms with Crippen molar-refractivity contribution in [2.75, 3.05) is 39.4 Å². The third-order valence-electron chi connectivity index (χ3n) is 8.99. The van der Waals surface area contributed by atoms with Gasteiger partial charge in [0.25, 0.3) is 11.8 Å². The molecule has 5 rings (SSSR count). The first-order valence-electron chi connectivity index (χ1n) is 16.9. The Labute approximate surface area is 288 Å². The fourth-order valence-electron chi connectivity index (χ4n) is 5.82. The van der Waals surface area contributed by atoms with Crippen LogP contribution in [0, 0.1) is 0 Å². The zero-order chi connectivity index (χ0) is 35.7. The first-order valence-corrected chi connectivity index (χ1v) is 16.9. The number of benzene rings is 1. The predicted molar refractivity (Wildman–Crippen MR) is 174 cm³/mol. The van der Waals surface area contributed by atoms with Crippen molar-refractivity contribution in [2.24, 2.45) is 0 Å². The van der Waals surface area contributed by atoms with E-state index < -0.39 is 48.0 Å². The highest BCUT2D eigenvalue weighted by atomic mass is 16.8. The fourth-order valence-corrected chi connectivity index (χ4v) is 5.82. The van der Waals surface area contributed by atoms with Crippen molar-refractivity contribution < 1.29 is 48.2 Å². The van der Waals surface area contributed by atoms with Crippen molar-refractivity contribution in [3.8, 4) is 11.6 Å². The highest BCUT2D eigenvalue weighted by Crippen LogP contribution is 2.33. The molecule has 1 aromatic heterocycles. The lowest BCUT2D eigenvalue weighted by atomic mass is 9.75. The van der Waals surface area contributed by atoms with Crippen molar-refractivity contribution in [3.63, 3.8) is 0 Å². The zero-order valence-electron chi connectivity index (χ0n) is 27.9. The summed E-state index contributed by atoms with van der Waals surface area (Å²) >= 11 is 0. The predicted octanol–water partition coefficient (Wildman–Crippen LogP) is 1.15. The molecule has 1 saturated heterocycles. The molecule has 4 amide bonds. The minimum atomic E-state index is -1.20. The topological polar surface area (TPSA) is 211 Å². The molecule has 0 spiro atoms. The smallest absolute Gasteiger partial charge is 0.481 e. The van der Waals surface area contributed by atoms with Gasteiger partial charge in [-0.3, -0.25) is 24.0 Å². The minimum absolute atomic E-state index is 0.0595. The molecule has 50 heavy (non-hydrogen) atoms. The van der Waals surface area contributed by atoms with Gasteiger partial charge in [0.15, 0.2) is 12.3 Å². The summed E-state index contributed by atoms with van der Waals surface area (Å²) in [5.41, 5.74) is -0.585. The van der Waals surface area contributed by atoms with E-state index in [1.54, 1.807) is 37.3 Å². The summed E-state index contributed by atoms with van der Waals surface area (Å²) in [4.78, 5) is 82.6. The molecular formula is C33H43N7O10. The summed E-state index contributed by atoms with van der Waals surface area (Å²) < 4.78 is 12.0. The lowest BCUT2D eigenvalue weighted by molar-refractivity contribution is -0.157. The molecule has 1 aromatic carbocycles. The molecule has 0 radical (unpaired) electrons. The number of carboxylic acid groups (broad SMARTS) is 1. The Morgan fingerprint density at radius 3 is 2.34 bits per heavy atom. The molecule has 2 heterocycles. The lowest BCUT2D eigenvalue weighted by Gasteiger charge is -2.42. The largest absolute Gasteiger partial charge is 0.527 e. The number of hydroxylamine groups is 2. The molecule has 3 aliphatic rings. The van der Waals surface area contributed by atoms with E-state index in [0.717, 1.165) is 25.7 Å². The molecule has 1 atom stereocenters.